The van der Waals surface area contributed by atoms with Crippen molar-refractivity contribution in [1.29, 1.82) is 0 Å². The Morgan fingerprint density at radius 1 is 1.22 bits per heavy atom. The van der Waals surface area contributed by atoms with Crippen LogP contribution in [0, 0.1) is 20.8 Å². The second kappa shape index (κ2) is 8.97. The molecule has 8 nitrogen and oxygen atoms in total. The number of thiocarbonyl (C=S) groups is 1. The maximum atomic E-state index is 13.0. The van der Waals surface area contributed by atoms with Gasteiger partial charge < -0.3 is 9.84 Å². The number of amides is 1. The van der Waals surface area contributed by atoms with Gasteiger partial charge in [-0.15, -0.1) is 0 Å². The first kappa shape index (κ1) is 23.8. The number of carbonyl (C=O) groups excluding carboxylic acids is 2. The SMILES string of the molecule is CC(=O)c1cc(C)cc(C)c1NC(=O)C1=CC=CC(S(=O)(=O)Nc2onc(C)c2Cl)C1=S. The lowest BCUT2D eigenvalue weighted by molar-refractivity contribution is -0.112. The molecule has 0 fully saturated rings. The highest BCUT2D eigenvalue weighted by molar-refractivity contribution is 7.96. The minimum Gasteiger partial charge on any atom is -0.336 e. The Kier molecular flexibility index (Phi) is 6.68. The number of allylic oxidation sites excluding steroid dienone is 2. The molecule has 1 atom stereocenters. The molecule has 1 unspecified atom stereocenters. The molecule has 1 aromatic heterocycles. The van der Waals surface area contributed by atoms with E-state index in [9.17, 15) is 18.0 Å². The van der Waals surface area contributed by atoms with Crippen LogP contribution in [0.2, 0.25) is 5.02 Å². The van der Waals surface area contributed by atoms with Crippen LogP contribution in [0.15, 0.2) is 40.5 Å². The molecule has 0 saturated heterocycles. The number of Topliss-reactive ketones (excluding diaryl/α,β-unsaturated/α-hetero) is 1. The normalized spacial score (nSPS) is 16.0. The van der Waals surface area contributed by atoms with Crippen LogP contribution < -0.4 is 10.0 Å². The zero-order valence-corrected chi connectivity index (χ0v) is 20.0. The van der Waals surface area contributed by atoms with Crippen molar-refractivity contribution in [1.82, 2.24) is 5.16 Å². The van der Waals surface area contributed by atoms with Gasteiger partial charge >= 0.3 is 0 Å². The van der Waals surface area contributed by atoms with Crippen molar-refractivity contribution in [3.05, 3.63) is 63.3 Å². The molecular weight excluding hydrogens is 474 g/mol. The van der Waals surface area contributed by atoms with E-state index in [0.717, 1.165) is 5.56 Å². The van der Waals surface area contributed by atoms with E-state index in [1.807, 2.05) is 13.0 Å². The predicted molar refractivity (Wildman–Crippen MR) is 127 cm³/mol. The van der Waals surface area contributed by atoms with Gasteiger partial charge in [0, 0.05) is 5.56 Å². The van der Waals surface area contributed by atoms with Crippen molar-refractivity contribution in [2.45, 2.75) is 32.9 Å². The van der Waals surface area contributed by atoms with E-state index < -0.39 is 21.2 Å². The molecule has 2 aromatic rings. The van der Waals surface area contributed by atoms with E-state index in [4.69, 9.17) is 28.3 Å². The number of nitrogens with one attached hydrogen (secondary N) is 2. The van der Waals surface area contributed by atoms with Crippen molar-refractivity contribution < 1.29 is 22.5 Å². The number of aryl methyl sites for hydroxylation is 3. The summed E-state index contributed by atoms with van der Waals surface area (Å²) >= 11 is 11.3. The summed E-state index contributed by atoms with van der Waals surface area (Å²) in [7, 11) is -4.14. The second-order valence-corrected chi connectivity index (χ2v) is 9.94. The smallest absolute Gasteiger partial charge is 0.257 e. The number of rotatable bonds is 6. The number of anilines is 2. The number of carbonyl (C=O) groups is 2. The second-order valence-electron chi connectivity index (χ2n) is 7.32. The van der Waals surface area contributed by atoms with Crippen molar-refractivity contribution in [2.75, 3.05) is 10.0 Å². The third-order valence-corrected chi connectivity index (χ3v) is 7.37. The highest BCUT2D eigenvalue weighted by atomic mass is 35.5. The fourth-order valence-corrected chi connectivity index (χ4v) is 5.24. The van der Waals surface area contributed by atoms with Gasteiger partial charge in [0.05, 0.1) is 16.1 Å². The number of hydrogen-bond acceptors (Lipinski definition) is 7. The summed E-state index contributed by atoms with van der Waals surface area (Å²) in [5.74, 6) is -1.07. The number of hydrogen-bond donors (Lipinski definition) is 2. The Labute approximate surface area is 195 Å². The summed E-state index contributed by atoms with van der Waals surface area (Å²) in [6.45, 7) is 6.58. The molecule has 0 aliphatic heterocycles. The first-order chi connectivity index (χ1) is 14.9. The molecule has 1 aromatic carbocycles. The minimum atomic E-state index is -4.14. The first-order valence-electron chi connectivity index (χ1n) is 9.42. The van der Waals surface area contributed by atoms with Gasteiger partial charge in [-0.1, -0.05) is 47.2 Å². The van der Waals surface area contributed by atoms with Gasteiger partial charge in [0.25, 0.3) is 11.8 Å². The highest BCUT2D eigenvalue weighted by Crippen LogP contribution is 2.29. The van der Waals surface area contributed by atoms with Crippen LogP contribution in [0.5, 0.6) is 0 Å². The van der Waals surface area contributed by atoms with Gasteiger partial charge in [-0.05, 0) is 51.0 Å². The maximum absolute atomic E-state index is 13.0. The van der Waals surface area contributed by atoms with Crippen molar-refractivity contribution >= 4 is 62.0 Å². The highest BCUT2D eigenvalue weighted by Gasteiger charge is 2.35. The number of ketones is 1. The summed E-state index contributed by atoms with van der Waals surface area (Å²) < 4.78 is 32.9. The summed E-state index contributed by atoms with van der Waals surface area (Å²) in [4.78, 5) is 25.0. The fourth-order valence-electron chi connectivity index (χ4n) is 3.21. The lowest BCUT2D eigenvalue weighted by Crippen LogP contribution is -2.37. The van der Waals surface area contributed by atoms with E-state index in [1.165, 1.54) is 25.2 Å². The summed E-state index contributed by atoms with van der Waals surface area (Å²) in [6.07, 6.45) is 4.19. The standard InChI is InChI=1S/C21H20ClN3O5S2/c1-10-8-11(2)18(15(9-10)13(4)26)23-20(27)14-6-5-7-16(19(14)31)32(28,29)25-21-17(22)12(3)24-30-21/h5-9,16,25H,1-4H3,(H,23,27). The van der Waals surface area contributed by atoms with Crippen LogP contribution in [0.25, 0.3) is 0 Å². The minimum absolute atomic E-state index is 0.00722. The number of nitrogens with zero attached hydrogens (tertiary/aromatic N) is 1. The van der Waals surface area contributed by atoms with Crippen LogP contribution in [-0.4, -0.2) is 35.4 Å². The Hall–Kier alpha value is -2.82. The Balaban J connectivity index is 1.87. The van der Waals surface area contributed by atoms with E-state index in [1.54, 1.807) is 19.9 Å². The molecule has 1 heterocycles. The van der Waals surface area contributed by atoms with Crippen LogP contribution in [0.4, 0.5) is 11.6 Å². The van der Waals surface area contributed by atoms with E-state index in [2.05, 4.69) is 15.2 Å². The molecular formula is C21H20ClN3O5S2. The van der Waals surface area contributed by atoms with Crippen molar-refractivity contribution in [3.8, 4) is 0 Å². The Morgan fingerprint density at radius 3 is 2.50 bits per heavy atom. The molecule has 0 saturated carbocycles. The molecule has 1 aliphatic carbocycles. The maximum Gasteiger partial charge on any atom is 0.257 e. The molecule has 1 amide bonds. The number of benzene rings is 1. The van der Waals surface area contributed by atoms with Gasteiger partial charge in [-0.25, -0.2) is 13.1 Å². The molecule has 0 spiro atoms. The lowest BCUT2D eigenvalue weighted by atomic mass is 9.99. The molecule has 11 heteroatoms. The van der Waals surface area contributed by atoms with Gasteiger partial charge in [-0.3, -0.25) is 9.59 Å². The third kappa shape index (κ3) is 4.67. The number of sulfonamides is 1. The fraction of sp³-hybridized carbons (Fsp3) is 0.238. The quantitative estimate of drug-likeness (QED) is 0.460. The zero-order valence-electron chi connectivity index (χ0n) is 17.6. The molecule has 1 aliphatic rings. The average Bonchev–Trinajstić information content (AvgIpc) is 3.01. The number of halogens is 1. The number of aromatic nitrogens is 1. The van der Waals surface area contributed by atoms with Crippen LogP contribution in [0.1, 0.15) is 34.1 Å². The Morgan fingerprint density at radius 2 is 1.91 bits per heavy atom. The van der Waals surface area contributed by atoms with Crippen LogP contribution in [0.3, 0.4) is 0 Å². The topological polar surface area (TPSA) is 118 Å². The van der Waals surface area contributed by atoms with E-state index in [0.29, 0.717) is 22.5 Å². The molecule has 3 rings (SSSR count). The van der Waals surface area contributed by atoms with Gasteiger partial charge in [0.15, 0.2) is 5.78 Å². The summed E-state index contributed by atoms with van der Waals surface area (Å²) in [5.41, 5.74) is 2.60. The third-order valence-electron chi connectivity index (χ3n) is 4.78. The molecule has 0 radical (unpaired) electrons. The van der Waals surface area contributed by atoms with E-state index in [-0.39, 0.29) is 27.1 Å². The van der Waals surface area contributed by atoms with Gasteiger partial charge in [0.1, 0.15) is 16.0 Å². The van der Waals surface area contributed by atoms with Gasteiger partial charge in [-0.2, -0.15) is 0 Å². The predicted octanol–water partition coefficient (Wildman–Crippen LogP) is 4.07. The van der Waals surface area contributed by atoms with Crippen LogP contribution in [-0.2, 0) is 14.8 Å². The molecule has 32 heavy (non-hydrogen) atoms. The Bertz CT molecular complexity index is 1310. The zero-order chi connectivity index (χ0) is 23.8. The molecule has 0 bridgehead atoms. The molecule has 2 N–H and O–H groups in total. The van der Waals surface area contributed by atoms with E-state index >= 15 is 0 Å². The van der Waals surface area contributed by atoms with Gasteiger partial charge in [0.2, 0.25) is 10.0 Å². The first-order valence-corrected chi connectivity index (χ1v) is 11.7. The lowest BCUT2D eigenvalue weighted by Gasteiger charge is -2.21. The summed E-state index contributed by atoms with van der Waals surface area (Å²) in [5, 5.41) is 5.02. The summed E-state index contributed by atoms with van der Waals surface area (Å²) in [6, 6.07) is 3.51. The van der Waals surface area contributed by atoms with Crippen LogP contribution >= 0.6 is 23.8 Å². The van der Waals surface area contributed by atoms with Crippen molar-refractivity contribution in [3.63, 3.8) is 0 Å². The largest absolute Gasteiger partial charge is 0.336 e. The monoisotopic (exact) mass is 493 g/mol. The average molecular weight is 494 g/mol. The molecule has 168 valence electrons. The van der Waals surface area contributed by atoms with Crippen molar-refractivity contribution in [2.24, 2.45) is 0 Å².